The molecule has 0 aliphatic heterocycles. The average molecular weight is 397 g/mol. The SMILES string of the molecule is O=C(NCc1cccc(C(F)(F)F)c1)c1csc(C(=O)NC2CCCC2)n1. The Hall–Kier alpha value is -2.42. The van der Waals surface area contributed by atoms with E-state index in [4.69, 9.17) is 0 Å². The number of aromatic nitrogens is 1. The molecular formula is C18H18F3N3O2S. The summed E-state index contributed by atoms with van der Waals surface area (Å²) in [6.07, 6.45) is -0.364. The first-order valence-corrected chi connectivity index (χ1v) is 9.41. The van der Waals surface area contributed by atoms with E-state index in [2.05, 4.69) is 15.6 Å². The summed E-state index contributed by atoms with van der Waals surface area (Å²) >= 11 is 1.06. The van der Waals surface area contributed by atoms with Crippen LogP contribution in [0.25, 0.3) is 0 Å². The molecular weight excluding hydrogens is 379 g/mol. The second-order valence-electron chi connectivity index (χ2n) is 6.37. The van der Waals surface area contributed by atoms with E-state index in [1.165, 1.54) is 17.5 Å². The van der Waals surface area contributed by atoms with Crippen molar-refractivity contribution in [3.05, 3.63) is 51.5 Å². The van der Waals surface area contributed by atoms with Crippen LogP contribution in [0, 0.1) is 0 Å². The quantitative estimate of drug-likeness (QED) is 0.807. The van der Waals surface area contributed by atoms with Crippen LogP contribution in [0.2, 0.25) is 0 Å². The molecule has 9 heteroatoms. The average Bonchev–Trinajstić information content (AvgIpc) is 3.31. The van der Waals surface area contributed by atoms with Gasteiger partial charge in [0, 0.05) is 18.0 Å². The lowest BCUT2D eigenvalue weighted by atomic mass is 10.1. The zero-order valence-electron chi connectivity index (χ0n) is 14.3. The fourth-order valence-electron chi connectivity index (χ4n) is 2.93. The first-order chi connectivity index (χ1) is 12.8. The minimum absolute atomic E-state index is 0.0656. The lowest BCUT2D eigenvalue weighted by molar-refractivity contribution is -0.137. The van der Waals surface area contributed by atoms with Gasteiger partial charge >= 0.3 is 6.18 Å². The van der Waals surface area contributed by atoms with Gasteiger partial charge in [-0.1, -0.05) is 25.0 Å². The highest BCUT2D eigenvalue weighted by atomic mass is 32.1. The molecule has 1 aliphatic rings. The molecule has 0 unspecified atom stereocenters. The van der Waals surface area contributed by atoms with Crippen LogP contribution in [0.5, 0.6) is 0 Å². The summed E-state index contributed by atoms with van der Waals surface area (Å²) in [7, 11) is 0. The van der Waals surface area contributed by atoms with Gasteiger partial charge in [0.15, 0.2) is 5.01 Å². The molecule has 144 valence electrons. The highest BCUT2D eigenvalue weighted by Crippen LogP contribution is 2.29. The third kappa shape index (κ3) is 5.06. The number of hydrogen-bond donors (Lipinski definition) is 2. The van der Waals surface area contributed by atoms with E-state index in [-0.39, 0.29) is 29.2 Å². The number of benzene rings is 1. The molecule has 2 amide bonds. The van der Waals surface area contributed by atoms with Crippen LogP contribution < -0.4 is 10.6 Å². The molecule has 1 aromatic heterocycles. The largest absolute Gasteiger partial charge is 0.416 e. The lowest BCUT2D eigenvalue weighted by Crippen LogP contribution is -2.32. The number of hydrogen-bond acceptors (Lipinski definition) is 4. The summed E-state index contributed by atoms with van der Waals surface area (Å²) in [6, 6.07) is 4.90. The van der Waals surface area contributed by atoms with Gasteiger partial charge in [-0.25, -0.2) is 4.98 Å². The molecule has 3 rings (SSSR count). The monoisotopic (exact) mass is 397 g/mol. The summed E-state index contributed by atoms with van der Waals surface area (Å²) in [5.41, 5.74) is -0.370. The second-order valence-corrected chi connectivity index (χ2v) is 7.23. The highest BCUT2D eigenvalue weighted by molar-refractivity contribution is 7.11. The van der Waals surface area contributed by atoms with E-state index < -0.39 is 17.6 Å². The molecule has 0 saturated heterocycles. The molecule has 5 nitrogen and oxygen atoms in total. The molecule has 0 bridgehead atoms. The third-order valence-electron chi connectivity index (χ3n) is 4.33. The van der Waals surface area contributed by atoms with Crippen LogP contribution in [0.15, 0.2) is 29.6 Å². The fourth-order valence-corrected chi connectivity index (χ4v) is 3.63. The van der Waals surface area contributed by atoms with E-state index in [1.807, 2.05) is 0 Å². The molecule has 2 N–H and O–H groups in total. The molecule has 27 heavy (non-hydrogen) atoms. The predicted molar refractivity (Wildman–Crippen MR) is 94.5 cm³/mol. The van der Waals surface area contributed by atoms with Gasteiger partial charge in [0.2, 0.25) is 0 Å². The number of thiazole rings is 1. The second kappa shape index (κ2) is 8.08. The van der Waals surface area contributed by atoms with Crippen LogP contribution in [0.3, 0.4) is 0 Å². The summed E-state index contributed by atoms with van der Waals surface area (Å²) in [4.78, 5) is 28.3. The van der Waals surface area contributed by atoms with Crippen molar-refractivity contribution in [3.63, 3.8) is 0 Å². The van der Waals surface area contributed by atoms with E-state index in [0.29, 0.717) is 5.56 Å². The summed E-state index contributed by atoms with van der Waals surface area (Å²) in [5.74, 6) is -0.840. The number of nitrogens with zero attached hydrogens (tertiary/aromatic N) is 1. The maximum atomic E-state index is 12.7. The number of carbonyl (C=O) groups excluding carboxylic acids is 2. The Labute approximate surface area is 158 Å². The molecule has 1 aromatic carbocycles. The van der Waals surface area contributed by atoms with Crippen LogP contribution in [-0.2, 0) is 12.7 Å². The first-order valence-electron chi connectivity index (χ1n) is 8.53. The van der Waals surface area contributed by atoms with Crippen molar-refractivity contribution in [2.45, 2.75) is 44.4 Å². The van der Waals surface area contributed by atoms with Crippen LogP contribution in [0.4, 0.5) is 13.2 Å². The topological polar surface area (TPSA) is 71.1 Å². The Morgan fingerprint density at radius 1 is 1.19 bits per heavy atom. The number of carbonyl (C=O) groups is 2. The standard InChI is InChI=1S/C18H18F3N3O2S/c19-18(20,21)12-5-3-4-11(8-12)9-22-15(25)14-10-27-17(24-14)16(26)23-13-6-1-2-7-13/h3-5,8,10,13H,1-2,6-7,9H2,(H,22,25)(H,23,26). The fraction of sp³-hybridized carbons (Fsp3) is 0.389. The maximum Gasteiger partial charge on any atom is 0.416 e. The maximum absolute atomic E-state index is 12.7. The van der Waals surface area contributed by atoms with Crippen LogP contribution in [-0.4, -0.2) is 22.8 Å². The van der Waals surface area contributed by atoms with Crippen molar-refractivity contribution >= 4 is 23.2 Å². The van der Waals surface area contributed by atoms with Crippen molar-refractivity contribution in [2.24, 2.45) is 0 Å². The molecule has 1 saturated carbocycles. The van der Waals surface area contributed by atoms with Gasteiger partial charge in [-0.3, -0.25) is 9.59 Å². The third-order valence-corrected chi connectivity index (χ3v) is 5.17. The molecule has 1 aliphatic carbocycles. The number of amides is 2. The Morgan fingerprint density at radius 2 is 1.93 bits per heavy atom. The minimum Gasteiger partial charge on any atom is -0.347 e. The summed E-state index contributed by atoms with van der Waals surface area (Å²) < 4.78 is 38.2. The lowest BCUT2D eigenvalue weighted by Gasteiger charge is -2.10. The van der Waals surface area contributed by atoms with Crippen molar-refractivity contribution in [3.8, 4) is 0 Å². The highest BCUT2D eigenvalue weighted by Gasteiger charge is 2.30. The van der Waals surface area contributed by atoms with E-state index >= 15 is 0 Å². The van der Waals surface area contributed by atoms with E-state index in [0.717, 1.165) is 49.2 Å². The van der Waals surface area contributed by atoms with Crippen molar-refractivity contribution in [1.82, 2.24) is 15.6 Å². The minimum atomic E-state index is -4.43. The molecule has 2 aromatic rings. The normalized spacial score (nSPS) is 14.9. The van der Waals surface area contributed by atoms with Crippen molar-refractivity contribution in [2.75, 3.05) is 0 Å². The predicted octanol–water partition coefficient (Wildman–Crippen LogP) is 3.76. The Balaban J connectivity index is 1.57. The van der Waals surface area contributed by atoms with Crippen LogP contribution in [0.1, 0.15) is 57.1 Å². The van der Waals surface area contributed by atoms with Gasteiger partial charge in [0.05, 0.1) is 5.56 Å². The number of nitrogens with one attached hydrogen (secondary N) is 2. The van der Waals surface area contributed by atoms with E-state index in [1.54, 1.807) is 0 Å². The van der Waals surface area contributed by atoms with Gasteiger partial charge in [-0.2, -0.15) is 13.2 Å². The summed E-state index contributed by atoms with van der Waals surface area (Å²) in [5, 5.41) is 7.09. The number of rotatable bonds is 5. The number of alkyl halides is 3. The molecule has 0 radical (unpaired) electrons. The van der Waals surface area contributed by atoms with Crippen molar-refractivity contribution < 1.29 is 22.8 Å². The van der Waals surface area contributed by atoms with Gasteiger partial charge < -0.3 is 10.6 Å². The molecule has 1 fully saturated rings. The smallest absolute Gasteiger partial charge is 0.347 e. The molecule has 0 spiro atoms. The molecule has 0 atom stereocenters. The van der Waals surface area contributed by atoms with Crippen molar-refractivity contribution in [1.29, 1.82) is 0 Å². The van der Waals surface area contributed by atoms with Gasteiger partial charge in [0.25, 0.3) is 11.8 Å². The van der Waals surface area contributed by atoms with Gasteiger partial charge in [-0.15, -0.1) is 11.3 Å². The zero-order chi connectivity index (χ0) is 19.4. The van der Waals surface area contributed by atoms with E-state index in [9.17, 15) is 22.8 Å². The first kappa shape index (κ1) is 19.3. The zero-order valence-corrected chi connectivity index (χ0v) is 15.1. The Bertz CT molecular complexity index is 829. The Kier molecular flexibility index (Phi) is 5.79. The Morgan fingerprint density at radius 3 is 2.63 bits per heavy atom. The van der Waals surface area contributed by atoms with Crippen LogP contribution >= 0.6 is 11.3 Å². The number of halogens is 3. The summed E-state index contributed by atoms with van der Waals surface area (Å²) in [6.45, 7) is -0.0656. The van der Waals surface area contributed by atoms with Gasteiger partial charge in [0.1, 0.15) is 5.69 Å². The van der Waals surface area contributed by atoms with Gasteiger partial charge in [-0.05, 0) is 30.5 Å². The molecule has 1 heterocycles.